The molecule has 1 aromatic heterocycles. The number of esters is 2. The van der Waals surface area contributed by atoms with Crippen LogP contribution in [-0.2, 0) is 14.2 Å². The maximum atomic E-state index is 13.0. The molecule has 1 saturated heterocycles. The molecule has 0 saturated carbocycles. The van der Waals surface area contributed by atoms with Crippen LogP contribution < -0.4 is 11.0 Å². The summed E-state index contributed by atoms with van der Waals surface area (Å²) in [7, 11) is 0. The van der Waals surface area contributed by atoms with Gasteiger partial charge in [0.2, 0.25) is 0 Å². The molecule has 0 aliphatic carbocycles. The Bertz CT molecular complexity index is 1560. The molecule has 1 fully saturated rings. The van der Waals surface area contributed by atoms with Crippen molar-refractivity contribution in [2.75, 3.05) is 11.9 Å². The first-order valence-electron chi connectivity index (χ1n) is 13.1. The van der Waals surface area contributed by atoms with Crippen LogP contribution in [0.15, 0.2) is 108 Å². The van der Waals surface area contributed by atoms with Crippen molar-refractivity contribution in [2.45, 2.75) is 31.3 Å². The highest BCUT2D eigenvalue weighted by Gasteiger charge is 2.34. The van der Waals surface area contributed by atoms with Gasteiger partial charge < -0.3 is 19.5 Å². The van der Waals surface area contributed by atoms with E-state index in [0.717, 1.165) is 0 Å². The Hall–Kier alpha value is -5.09. The van der Waals surface area contributed by atoms with E-state index in [9.17, 15) is 19.2 Å². The second-order valence-electron chi connectivity index (χ2n) is 9.36. The molecule has 5 rings (SSSR count). The molecule has 1 amide bonds. The molecule has 0 radical (unpaired) electrons. The third-order valence-corrected chi connectivity index (χ3v) is 6.45. The quantitative estimate of drug-likeness (QED) is 0.321. The number of anilines is 1. The zero-order chi connectivity index (χ0) is 28.6. The summed E-state index contributed by atoms with van der Waals surface area (Å²) in [5.41, 5.74) is 0.529. The number of ether oxygens (including phenoxy) is 3. The summed E-state index contributed by atoms with van der Waals surface area (Å²) in [4.78, 5) is 54.7. The summed E-state index contributed by atoms with van der Waals surface area (Å²) < 4.78 is 18.6. The highest BCUT2D eigenvalue weighted by molar-refractivity contribution is 6.03. The summed E-state index contributed by atoms with van der Waals surface area (Å²) >= 11 is 0. The fraction of sp³-hybridized carbons (Fsp3) is 0.194. The lowest BCUT2D eigenvalue weighted by Gasteiger charge is -2.35. The van der Waals surface area contributed by atoms with E-state index in [0.29, 0.717) is 16.7 Å². The van der Waals surface area contributed by atoms with Crippen molar-refractivity contribution in [3.63, 3.8) is 0 Å². The van der Waals surface area contributed by atoms with Gasteiger partial charge >= 0.3 is 17.6 Å². The number of carbonyl (C=O) groups excluding carboxylic acids is 3. The first-order chi connectivity index (χ1) is 20.0. The molecule has 3 aromatic carbocycles. The second-order valence-corrected chi connectivity index (χ2v) is 9.36. The van der Waals surface area contributed by atoms with Gasteiger partial charge in [-0.15, -0.1) is 0 Å². The third kappa shape index (κ3) is 7.11. The highest BCUT2D eigenvalue weighted by atomic mass is 16.6. The van der Waals surface area contributed by atoms with Crippen LogP contribution in [0.25, 0.3) is 0 Å². The number of amides is 1. The Morgan fingerprint density at radius 1 is 0.805 bits per heavy atom. The summed E-state index contributed by atoms with van der Waals surface area (Å²) in [6, 6.07) is 27.1. The summed E-state index contributed by atoms with van der Waals surface area (Å²) in [6.07, 6.45) is -0.291. The largest absolute Gasteiger partial charge is 0.459 e. The lowest BCUT2D eigenvalue weighted by Crippen LogP contribution is -2.42. The van der Waals surface area contributed by atoms with Gasteiger partial charge in [-0.05, 0) is 42.5 Å². The van der Waals surface area contributed by atoms with Crippen molar-refractivity contribution >= 4 is 23.7 Å². The van der Waals surface area contributed by atoms with Crippen molar-refractivity contribution in [3.8, 4) is 0 Å². The SMILES string of the molecule is O=C(Nc1ccn([C@H]2C[C@H](OC(=O)c3ccccc3)C[C@@H](COC(=O)c3ccccc3)O2)c(=O)n1)c1ccccc1. The predicted octanol–water partition coefficient (Wildman–Crippen LogP) is 4.26. The fourth-order valence-corrected chi connectivity index (χ4v) is 4.43. The molecular formula is C31H27N3O7. The van der Waals surface area contributed by atoms with Gasteiger partial charge in [-0.25, -0.2) is 14.4 Å². The number of carbonyl (C=O) groups is 3. The van der Waals surface area contributed by atoms with Gasteiger partial charge in [0.25, 0.3) is 5.91 Å². The molecule has 208 valence electrons. The minimum Gasteiger partial charge on any atom is -0.459 e. The summed E-state index contributed by atoms with van der Waals surface area (Å²) in [5, 5.41) is 2.61. The highest BCUT2D eigenvalue weighted by Crippen LogP contribution is 2.29. The Morgan fingerprint density at radius 2 is 1.39 bits per heavy atom. The Kier molecular flexibility index (Phi) is 8.61. The first-order valence-corrected chi connectivity index (χ1v) is 13.1. The van der Waals surface area contributed by atoms with Crippen LogP contribution in [0.5, 0.6) is 0 Å². The molecule has 1 aliphatic heterocycles. The van der Waals surface area contributed by atoms with Gasteiger partial charge in [0.1, 0.15) is 24.8 Å². The molecule has 1 aliphatic rings. The van der Waals surface area contributed by atoms with E-state index in [2.05, 4.69) is 10.3 Å². The maximum absolute atomic E-state index is 13.0. The van der Waals surface area contributed by atoms with Crippen molar-refractivity contribution < 1.29 is 28.6 Å². The van der Waals surface area contributed by atoms with Crippen LogP contribution >= 0.6 is 0 Å². The number of hydrogen-bond donors (Lipinski definition) is 1. The van der Waals surface area contributed by atoms with E-state index in [-0.39, 0.29) is 25.3 Å². The third-order valence-electron chi connectivity index (χ3n) is 6.45. The average Bonchev–Trinajstić information content (AvgIpc) is 3.01. The molecule has 2 heterocycles. The molecule has 10 nitrogen and oxygen atoms in total. The molecule has 10 heteroatoms. The van der Waals surface area contributed by atoms with E-state index in [1.165, 1.54) is 16.8 Å². The molecule has 4 aromatic rings. The average molecular weight is 554 g/mol. The molecule has 3 atom stereocenters. The Labute approximate surface area is 235 Å². The van der Waals surface area contributed by atoms with Gasteiger partial charge in [0.15, 0.2) is 0 Å². The second kappa shape index (κ2) is 12.8. The zero-order valence-electron chi connectivity index (χ0n) is 21.9. The van der Waals surface area contributed by atoms with Crippen LogP contribution in [0.1, 0.15) is 50.1 Å². The van der Waals surface area contributed by atoms with Crippen molar-refractivity contribution in [2.24, 2.45) is 0 Å². The molecule has 0 unspecified atom stereocenters. The molecular weight excluding hydrogens is 526 g/mol. The summed E-state index contributed by atoms with van der Waals surface area (Å²) in [5.74, 6) is -1.36. The van der Waals surface area contributed by atoms with Crippen LogP contribution in [0.2, 0.25) is 0 Å². The smallest absolute Gasteiger partial charge is 0.351 e. The first kappa shape index (κ1) is 27.5. The van der Waals surface area contributed by atoms with Gasteiger partial charge in [-0.1, -0.05) is 54.6 Å². The normalized spacial score (nSPS) is 18.2. The minimum atomic E-state index is -0.864. The van der Waals surface area contributed by atoms with Crippen molar-refractivity contribution in [3.05, 3.63) is 130 Å². The predicted molar refractivity (Wildman–Crippen MR) is 148 cm³/mol. The van der Waals surface area contributed by atoms with Gasteiger partial charge in [-0.2, -0.15) is 4.98 Å². The molecule has 41 heavy (non-hydrogen) atoms. The fourth-order valence-electron chi connectivity index (χ4n) is 4.43. The van der Waals surface area contributed by atoms with Gasteiger partial charge in [0.05, 0.1) is 17.2 Å². The topological polar surface area (TPSA) is 126 Å². The Morgan fingerprint density at radius 3 is 2.00 bits per heavy atom. The van der Waals surface area contributed by atoms with Crippen LogP contribution in [-0.4, -0.2) is 46.2 Å². The maximum Gasteiger partial charge on any atom is 0.351 e. The number of benzene rings is 3. The van der Waals surface area contributed by atoms with Gasteiger partial charge in [0, 0.05) is 24.6 Å². The lowest BCUT2D eigenvalue weighted by molar-refractivity contribution is -0.146. The van der Waals surface area contributed by atoms with Crippen molar-refractivity contribution in [1.82, 2.24) is 9.55 Å². The van der Waals surface area contributed by atoms with Crippen molar-refractivity contribution in [1.29, 1.82) is 0 Å². The number of rotatable bonds is 8. The van der Waals surface area contributed by atoms with Crippen LogP contribution in [0.3, 0.4) is 0 Å². The molecule has 0 bridgehead atoms. The lowest BCUT2D eigenvalue weighted by atomic mass is 10.0. The van der Waals surface area contributed by atoms with Crippen LogP contribution in [0, 0.1) is 0 Å². The number of aromatic nitrogens is 2. The van der Waals surface area contributed by atoms with E-state index in [1.807, 2.05) is 0 Å². The number of hydrogen-bond acceptors (Lipinski definition) is 8. The van der Waals surface area contributed by atoms with Gasteiger partial charge in [-0.3, -0.25) is 9.36 Å². The van der Waals surface area contributed by atoms with Crippen LogP contribution in [0.4, 0.5) is 5.82 Å². The zero-order valence-corrected chi connectivity index (χ0v) is 21.9. The van der Waals surface area contributed by atoms with E-state index in [1.54, 1.807) is 91.0 Å². The minimum absolute atomic E-state index is 0.0799. The standard InChI is InChI=1S/C31H27N3O7/c35-28(21-10-4-1-5-11-21)32-26-16-17-34(31(38)33-26)27-19-24(41-30(37)23-14-8-3-9-15-23)18-25(40-27)20-39-29(36)22-12-6-2-7-13-22/h1-17,24-25,27H,18-20H2,(H,32,33,35,38)/t24-,25+,27-/m1/s1. The monoisotopic (exact) mass is 553 g/mol. The molecule has 0 spiro atoms. The number of nitrogens with zero attached hydrogens (tertiary/aromatic N) is 2. The van der Waals surface area contributed by atoms with E-state index < -0.39 is 42.0 Å². The number of nitrogens with one attached hydrogen (secondary N) is 1. The van der Waals surface area contributed by atoms with E-state index in [4.69, 9.17) is 14.2 Å². The van der Waals surface area contributed by atoms with E-state index >= 15 is 0 Å². The molecule has 1 N–H and O–H groups in total. The summed E-state index contributed by atoms with van der Waals surface area (Å²) in [6.45, 7) is -0.114. The Balaban J connectivity index is 1.31.